The Morgan fingerprint density at radius 3 is 2.50 bits per heavy atom. The molecule has 0 bridgehead atoms. The lowest BCUT2D eigenvalue weighted by Gasteiger charge is -2.31. The summed E-state index contributed by atoms with van der Waals surface area (Å²) in [5, 5.41) is 0. The zero-order chi connectivity index (χ0) is 17.3. The Labute approximate surface area is 143 Å². The van der Waals surface area contributed by atoms with E-state index in [-0.39, 0.29) is 17.9 Å². The highest BCUT2D eigenvalue weighted by Crippen LogP contribution is 2.25. The lowest BCUT2D eigenvalue weighted by molar-refractivity contribution is -0.136. The molecule has 3 rings (SSSR count). The fourth-order valence-corrected chi connectivity index (χ4v) is 3.40. The number of hydrogen-bond acceptors (Lipinski definition) is 3. The molecule has 1 aromatic rings. The van der Waals surface area contributed by atoms with Gasteiger partial charge in [-0.3, -0.25) is 4.79 Å². The zero-order valence-corrected chi connectivity index (χ0v) is 14.7. The molecule has 2 heterocycles. The van der Waals surface area contributed by atoms with Crippen molar-refractivity contribution in [1.82, 2.24) is 9.80 Å². The number of fused-ring (bicyclic) bond motifs is 1. The first kappa shape index (κ1) is 16.8. The van der Waals surface area contributed by atoms with E-state index in [1.807, 2.05) is 37.8 Å². The first-order valence-electron chi connectivity index (χ1n) is 8.67. The maximum absolute atomic E-state index is 12.8. The second kappa shape index (κ2) is 6.46. The summed E-state index contributed by atoms with van der Waals surface area (Å²) in [6, 6.07) is 8.30. The number of amides is 2. The van der Waals surface area contributed by atoms with Gasteiger partial charge in [-0.25, -0.2) is 4.79 Å². The Morgan fingerprint density at radius 2 is 1.79 bits per heavy atom. The molecule has 1 saturated heterocycles. The molecular weight excluding hydrogens is 304 g/mol. The van der Waals surface area contributed by atoms with Crippen LogP contribution in [0.1, 0.15) is 38.3 Å². The van der Waals surface area contributed by atoms with E-state index in [4.69, 9.17) is 4.74 Å². The number of likely N-dealkylation sites (tertiary alicyclic amines) is 1. The summed E-state index contributed by atoms with van der Waals surface area (Å²) < 4.78 is 5.40. The lowest BCUT2D eigenvalue weighted by atomic mass is 9.98. The number of rotatable bonds is 1. The van der Waals surface area contributed by atoms with E-state index in [1.165, 1.54) is 11.1 Å². The summed E-state index contributed by atoms with van der Waals surface area (Å²) in [5.74, 6) is 0.0540. The lowest BCUT2D eigenvalue weighted by Crippen LogP contribution is -2.41. The van der Waals surface area contributed by atoms with Crippen LogP contribution in [0.3, 0.4) is 0 Å². The molecule has 0 spiro atoms. The topological polar surface area (TPSA) is 49.9 Å². The fourth-order valence-electron chi connectivity index (χ4n) is 3.40. The van der Waals surface area contributed by atoms with Gasteiger partial charge in [-0.05, 0) is 44.7 Å². The first-order valence-corrected chi connectivity index (χ1v) is 8.67. The molecule has 1 fully saturated rings. The fraction of sp³-hybridized carbons (Fsp3) is 0.579. The van der Waals surface area contributed by atoms with Crippen molar-refractivity contribution in [3.63, 3.8) is 0 Å². The third-order valence-corrected chi connectivity index (χ3v) is 4.63. The van der Waals surface area contributed by atoms with Gasteiger partial charge in [0.1, 0.15) is 5.60 Å². The van der Waals surface area contributed by atoms with Gasteiger partial charge in [-0.15, -0.1) is 0 Å². The summed E-state index contributed by atoms with van der Waals surface area (Å²) in [7, 11) is 0. The monoisotopic (exact) mass is 330 g/mol. The molecule has 0 aliphatic carbocycles. The molecule has 2 aliphatic rings. The van der Waals surface area contributed by atoms with Crippen LogP contribution < -0.4 is 0 Å². The van der Waals surface area contributed by atoms with Crippen LogP contribution in [-0.2, 0) is 22.5 Å². The van der Waals surface area contributed by atoms with Crippen LogP contribution >= 0.6 is 0 Å². The van der Waals surface area contributed by atoms with Gasteiger partial charge in [-0.2, -0.15) is 0 Å². The minimum atomic E-state index is -0.504. The maximum atomic E-state index is 12.8. The van der Waals surface area contributed by atoms with Gasteiger partial charge in [-0.1, -0.05) is 24.3 Å². The molecule has 0 N–H and O–H groups in total. The molecular formula is C19H26N2O3. The number of carbonyl (C=O) groups is 2. The van der Waals surface area contributed by atoms with Crippen molar-refractivity contribution in [2.24, 2.45) is 5.92 Å². The van der Waals surface area contributed by atoms with E-state index < -0.39 is 5.60 Å². The van der Waals surface area contributed by atoms with Gasteiger partial charge in [0.25, 0.3) is 0 Å². The normalized spacial score (nSPS) is 20.7. The molecule has 0 radical (unpaired) electrons. The second-order valence-corrected chi connectivity index (χ2v) is 7.69. The van der Waals surface area contributed by atoms with Crippen LogP contribution in [-0.4, -0.2) is 47.0 Å². The number of ether oxygens (including phenoxy) is 1. The Morgan fingerprint density at radius 1 is 1.08 bits per heavy atom. The van der Waals surface area contributed by atoms with Crippen LogP contribution in [0.5, 0.6) is 0 Å². The predicted octanol–water partition coefficient (Wildman–Crippen LogP) is 2.83. The Kier molecular flexibility index (Phi) is 4.52. The third-order valence-electron chi connectivity index (χ3n) is 4.63. The molecule has 1 atom stereocenters. The summed E-state index contributed by atoms with van der Waals surface area (Å²) >= 11 is 0. The largest absolute Gasteiger partial charge is 0.444 e. The van der Waals surface area contributed by atoms with Crippen molar-refractivity contribution in [1.29, 1.82) is 0 Å². The average molecular weight is 330 g/mol. The van der Waals surface area contributed by atoms with Crippen molar-refractivity contribution < 1.29 is 14.3 Å². The Bertz CT molecular complexity index is 636. The van der Waals surface area contributed by atoms with Crippen LogP contribution in [0, 0.1) is 5.92 Å². The van der Waals surface area contributed by atoms with Crippen LogP contribution in [0.15, 0.2) is 24.3 Å². The maximum Gasteiger partial charge on any atom is 0.410 e. The van der Waals surface area contributed by atoms with Crippen molar-refractivity contribution in [2.45, 2.75) is 45.8 Å². The molecule has 5 nitrogen and oxygen atoms in total. The third kappa shape index (κ3) is 3.71. The smallest absolute Gasteiger partial charge is 0.410 e. The van der Waals surface area contributed by atoms with Gasteiger partial charge < -0.3 is 14.5 Å². The number of hydrogen-bond donors (Lipinski definition) is 0. The van der Waals surface area contributed by atoms with E-state index in [0.717, 1.165) is 19.4 Å². The molecule has 0 aromatic heterocycles. The molecule has 130 valence electrons. The quantitative estimate of drug-likeness (QED) is 0.795. The summed E-state index contributed by atoms with van der Waals surface area (Å²) in [6.07, 6.45) is 1.31. The molecule has 0 unspecified atom stereocenters. The summed E-state index contributed by atoms with van der Waals surface area (Å²) in [4.78, 5) is 28.6. The standard InChI is InChI=1S/C19H26N2O3/c1-19(2,3)24-18(23)21-11-9-16(13-21)17(22)20-10-8-14-6-4-5-7-15(14)12-20/h4-7,16H,8-13H2,1-3H3/t16-/m0/s1. The highest BCUT2D eigenvalue weighted by molar-refractivity contribution is 5.81. The van der Waals surface area contributed by atoms with E-state index in [9.17, 15) is 9.59 Å². The predicted molar refractivity (Wildman–Crippen MR) is 91.5 cm³/mol. The number of carbonyl (C=O) groups excluding carboxylic acids is 2. The Balaban J connectivity index is 1.58. The van der Waals surface area contributed by atoms with Gasteiger partial charge >= 0.3 is 6.09 Å². The first-order chi connectivity index (χ1) is 11.3. The van der Waals surface area contributed by atoms with Crippen molar-refractivity contribution in [2.75, 3.05) is 19.6 Å². The van der Waals surface area contributed by atoms with Crippen LogP contribution in [0.4, 0.5) is 4.79 Å². The van der Waals surface area contributed by atoms with Crippen molar-refractivity contribution >= 4 is 12.0 Å². The van der Waals surface area contributed by atoms with Gasteiger partial charge in [0.2, 0.25) is 5.91 Å². The van der Waals surface area contributed by atoms with Crippen molar-refractivity contribution in [3.05, 3.63) is 35.4 Å². The highest BCUT2D eigenvalue weighted by atomic mass is 16.6. The summed E-state index contributed by atoms with van der Waals surface area (Å²) in [6.45, 7) is 8.07. The molecule has 2 aliphatic heterocycles. The number of benzene rings is 1. The van der Waals surface area contributed by atoms with E-state index in [1.54, 1.807) is 4.90 Å². The minimum absolute atomic E-state index is 0.109. The van der Waals surface area contributed by atoms with Gasteiger partial charge in [0.15, 0.2) is 0 Å². The van der Waals surface area contributed by atoms with Crippen LogP contribution in [0.2, 0.25) is 0 Å². The minimum Gasteiger partial charge on any atom is -0.444 e. The average Bonchev–Trinajstić information content (AvgIpc) is 3.02. The van der Waals surface area contributed by atoms with Crippen molar-refractivity contribution in [3.8, 4) is 0 Å². The summed E-state index contributed by atoms with van der Waals surface area (Å²) in [5.41, 5.74) is 2.07. The second-order valence-electron chi connectivity index (χ2n) is 7.69. The van der Waals surface area contributed by atoms with E-state index in [0.29, 0.717) is 19.6 Å². The van der Waals surface area contributed by atoms with E-state index in [2.05, 4.69) is 12.1 Å². The SMILES string of the molecule is CC(C)(C)OC(=O)N1CC[C@H](C(=O)N2CCc3ccccc3C2)C1. The molecule has 1 aromatic carbocycles. The van der Waals surface area contributed by atoms with E-state index >= 15 is 0 Å². The highest BCUT2D eigenvalue weighted by Gasteiger charge is 2.36. The van der Waals surface area contributed by atoms with Crippen LogP contribution in [0.25, 0.3) is 0 Å². The molecule has 2 amide bonds. The molecule has 5 heteroatoms. The Hall–Kier alpha value is -2.04. The zero-order valence-electron chi connectivity index (χ0n) is 14.7. The van der Waals surface area contributed by atoms with Gasteiger partial charge in [0.05, 0.1) is 5.92 Å². The molecule has 24 heavy (non-hydrogen) atoms. The van der Waals surface area contributed by atoms with Gasteiger partial charge in [0, 0.05) is 26.2 Å². The number of nitrogens with zero attached hydrogens (tertiary/aromatic N) is 2. The molecule has 0 saturated carbocycles.